The van der Waals surface area contributed by atoms with Crippen LogP contribution in [0.15, 0.2) is 71.6 Å². The molecule has 1 aliphatic heterocycles. The fraction of sp³-hybridized carbons (Fsp3) is 0.406. The summed E-state index contributed by atoms with van der Waals surface area (Å²) in [5.41, 5.74) is -1.51. The van der Waals surface area contributed by atoms with E-state index in [1.807, 2.05) is 25.2 Å². The van der Waals surface area contributed by atoms with Gasteiger partial charge in [-0.05, 0) is 48.4 Å². The molecule has 0 bridgehead atoms. The zero-order valence-corrected chi connectivity index (χ0v) is 26.2. The summed E-state index contributed by atoms with van der Waals surface area (Å²) in [6.07, 6.45) is -10.5. The molecule has 1 aliphatic rings. The molecule has 0 saturated carbocycles. The first kappa shape index (κ1) is 35.2. The number of amides is 1. The quantitative estimate of drug-likeness (QED) is 0.218. The molecule has 0 aromatic heterocycles. The second kappa shape index (κ2) is 14.0. The van der Waals surface area contributed by atoms with Crippen molar-refractivity contribution in [3.05, 3.63) is 94.5 Å². The van der Waals surface area contributed by atoms with E-state index in [2.05, 4.69) is 28.8 Å². The van der Waals surface area contributed by atoms with Crippen molar-refractivity contribution in [2.24, 2.45) is 5.92 Å². The lowest BCUT2D eigenvalue weighted by Crippen LogP contribution is -2.36. The Morgan fingerprint density at radius 3 is 2.17 bits per heavy atom. The summed E-state index contributed by atoms with van der Waals surface area (Å²) < 4.78 is 115. The van der Waals surface area contributed by atoms with Crippen molar-refractivity contribution in [1.82, 2.24) is 14.9 Å². The number of benzene rings is 3. The highest BCUT2D eigenvalue weighted by molar-refractivity contribution is 7.89. The molecule has 2 unspecified atom stereocenters. The third kappa shape index (κ3) is 9.23. The number of carbonyl (C=O) groups excluding carboxylic acids is 1. The number of fused-ring (bicyclic) bond motifs is 1. The number of nitrogens with zero attached hydrogens (tertiary/aromatic N) is 1. The summed E-state index contributed by atoms with van der Waals surface area (Å²) in [7, 11) is -2.96. The van der Waals surface area contributed by atoms with E-state index in [4.69, 9.17) is 4.74 Å². The normalized spacial score (nSPS) is 16.2. The van der Waals surface area contributed by atoms with Gasteiger partial charge in [0.25, 0.3) is 0 Å². The minimum Gasteiger partial charge on any atom is -0.493 e. The molecule has 1 amide bonds. The maximum Gasteiger partial charge on any atom is 0.416 e. The van der Waals surface area contributed by atoms with Crippen molar-refractivity contribution in [3.8, 4) is 5.75 Å². The third-order valence-electron chi connectivity index (χ3n) is 7.34. The molecule has 0 fully saturated rings. The van der Waals surface area contributed by atoms with Crippen LogP contribution in [0.1, 0.15) is 66.6 Å². The van der Waals surface area contributed by atoms with E-state index in [-0.39, 0.29) is 23.8 Å². The van der Waals surface area contributed by atoms with Gasteiger partial charge in [0.15, 0.2) is 0 Å². The Morgan fingerprint density at radius 1 is 0.957 bits per heavy atom. The van der Waals surface area contributed by atoms with Gasteiger partial charge in [-0.25, -0.2) is 13.1 Å². The van der Waals surface area contributed by atoms with Gasteiger partial charge in [-0.3, -0.25) is 4.79 Å². The molecule has 3 aromatic rings. The van der Waals surface area contributed by atoms with Crippen LogP contribution in [0.4, 0.5) is 26.3 Å². The van der Waals surface area contributed by atoms with Gasteiger partial charge in [0.05, 0.1) is 34.7 Å². The van der Waals surface area contributed by atoms with Gasteiger partial charge in [0, 0.05) is 31.5 Å². The molecule has 7 nitrogen and oxygen atoms in total. The number of rotatable bonds is 11. The summed E-state index contributed by atoms with van der Waals surface area (Å²) in [5.74, 6) is 0.512. The SMILES string of the molecule is CC(C)CN(C)Cc1ccc2c(c1)OCCC2NC(=O)CC(NS(=O)(=O)c1cc(C(F)(F)F)cc(C(F)(F)F)c1)c1ccccc1. The first-order valence-corrected chi connectivity index (χ1v) is 16.0. The van der Waals surface area contributed by atoms with E-state index in [9.17, 15) is 39.6 Å². The topological polar surface area (TPSA) is 87.7 Å². The predicted molar refractivity (Wildman–Crippen MR) is 159 cm³/mol. The minimum atomic E-state index is -5.24. The number of nitrogens with one attached hydrogen (secondary N) is 2. The van der Waals surface area contributed by atoms with E-state index in [1.54, 1.807) is 18.2 Å². The van der Waals surface area contributed by atoms with Crippen LogP contribution in [0.25, 0.3) is 0 Å². The van der Waals surface area contributed by atoms with E-state index < -0.39 is 62.8 Å². The lowest BCUT2D eigenvalue weighted by atomic mass is 9.97. The standard InChI is InChI=1S/C32H35F6N3O4S/c1-20(2)18-41(3)19-21-9-10-26-27(11-12-45-29(26)13-21)39-30(42)17-28(22-7-5-4-6-8-22)40-46(43,44)25-15-23(31(33,34)35)14-24(16-25)32(36,37)38/h4-10,13-16,20,27-28,40H,11-12,17-19H2,1-3H3,(H,39,42). The predicted octanol–water partition coefficient (Wildman–Crippen LogP) is 6.86. The number of alkyl halides is 6. The first-order valence-electron chi connectivity index (χ1n) is 14.5. The summed E-state index contributed by atoms with van der Waals surface area (Å²) in [6, 6.07) is 11.8. The van der Waals surface area contributed by atoms with Crippen molar-refractivity contribution in [1.29, 1.82) is 0 Å². The van der Waals surface area contributed by atoms with Crippen molar-refractivity contribution in [2.75, 3.05) is 20.2 Å². The van der Waals surface area contributed by atoms with Crippen LogP contribution in [0.5, 0.6) is 5.75 Å². The molecular formula is C32H35F6N3O4S. The van der Waals surface area contributed by atoms with Gasteiger partial charge in [0.2, 0.25) is 15.9 Å². The minimum absolute atomic E-state index is 0.132. The largest absolute Gasteiger partial charge is 0.493 e. The Morgan fingerprint density at radius 2 is 1.59 bits per heavy atom. The molecule has 0 aliphatic carbocycles. The second-order valence-electron chi connectivity index (χ2n) is 11.8. The zero-order chi connectivity index (χ0) is 33.9. The number of ether oxygens (including phenoxy) is 1. The fourth-order valence-corrected chi connectivity index (χ4v) is 6.66. The van der Waals surface area contributed by atoms with Gasteiger partial charge in [-0.1, -0.05) is 56.3 Å². The first-order chi connectivity index (χ1) is 21.4. The summed E-state index contributed by atoms with van der Waals surface area (Å²) in [4.78, 5) is 14.3. The van der Waals surface area contributed by atoms with E-state index in [0.29, 0.717) is 31.2 Å². The highest BCUT2D eigenvalue weighted by atomic mass is 32.2. The lowest BCUT2D eigenvalue weighted by Gasteiger charge is -2.28. The van der Waals surface area contributed by atoms with Crippen molar-refractivity contribution in [3.63, 3.8) is 0 Å². The smallest absolute Gasteiger partial charge is 0.416 e. The Hall–Kier alpha value is -3.62. The highest BCUT2D eigenvalue weighted by Gasteiger charge is 2.39. The molecule has 0 saturated heterocycles. The molecule has 250 valence electrons. The van der Waals surface area contributed by atoms with Crippen molar-refractivity contribution < 1.29 is 44.3 Å². The van der Waals surface area contributed by atoms with E-state index >= 15 is 0 Å². The third-order valence-corrected chi connectivity index (χ3v) is 8.79. The molecular weight excluding hydrogens is 636 g/mol. The monoisotopic (exact) mass is 671 g/mol. The van der Waals surface area contributed by atoms with Crippen LogP contribution in [0, 0.1) is 5.92 Å². The maximum atomic E-state index is 13.4. The zero-order valence-electron chi connectivity index (χ0n) is 25.4. The Bertz CT molecular complexity index is 1600. The second-order valence-corrected chi connectivity index (χ2v) is 13.5. The fourth-order valence-electron chi connectivity index (χ4n) is 5.37. The molecule has 0 radical (unpaired) electrons. The number of sulfonamides is 1. The lowest BCUT2D eigenvalue weighted by molar-refractivity contribution is -0.143. The van der Waals surface area contributed by atoms with E-state index in [0.717, 1.165) is 17.7 Å². The molecule has 2 N–H and O–H groups in total. The van der Waals surface area contributed by atoms with Gasteiger partial charge in [0.1, 0.15) is 5.75 Å². The van der Waals surface area contributed by atoms with Gasteiger partial charge in [-0.2, -0.15) is 26.3 Å². The molecule has 3 aromatic carbocycles. The van der Waals surface area contributed by atoms with Crippen LogP contribution in [0.3, 0.4) is 0 Å². The molecule has 46 heavy (non-hydrogen) atoms. The summed E-state index contributed by atoms with van der Waals surface area (Å²) in [6.45, 7) is 6.17. The van der Waals surface area contributed by atoms with Crippen LogP contribution in [-0.2, 0) is 33.7 Å². The number of carbonyl (C=O) groups is 1. The van der Waals surface area contributed by atoms with Crippen LogP contribution in [-0.4, -0.2) is 39.4 Å². The molecule has 2 atom stereocenters. The van der Waals surface area contributed by atoms with Crippen LogP contribution < -0.4 is 14.8 Å². The molecule has 0 spiro atoms. The summed E-state index contributed by atoms with van der Waals surface area (Å²) in [5, 5.41) is 2.88. The number of hydrogen-bond donors (Lipinski definition) is 2. The maximum absolute atomic E-state index is 13.4. The average molecular weight is 672 g/mol. The van der Waals surface area contributed by atoms with Crippen LogP contribution >= 0.6 is 0 Å². The Labute approximate surface area is 264 Å². The Balaban J connectivity index is 1.56. The van der Waals surface area contributed by atoms with Crippen molar-refractivity contribution >= 4 is 15.9 Å². The summed E-state index contributed by atoms with van der Waals surface area (Å²) >= 11 is 0. The number of halogens is 6. The average Bonchev–Trinajstić information content (AvgIpc) is 2.95. The van der Waals surface area contributed by atoms with Crippen molar-refractivity contribution in [2.45, 2.75) is 62.6 Å². The van der Waals surface area contributed by atoms with Gasteiger partial charge >= 0.3 is 12.4 Å². The molecule has 14 heteroatoms. The number of hydrogen-bond acceptors (Lipinski definition) is 5. The molecule has 4 rings (SSSR count). The Kier molecular flexibility index (Phi) is 10.7. The van der Waals surface area contributed by atoms with E-state index in [1.165, 1.54) is 12.1 Å². The van der Waals surface area contributed by atoms with Gasteiger partial charge in [-0.15, -0.1) is 0 Å². The van der Waals surface area contributed by atoms with Crippen LogP contribution in [0.2, 0.25) is 0 Å². The highest BCUT2D eigenvalue weighted by Crippen LogP contribution is 2.38. The molecule has 1 heterocycles. The van der Waals surface area contributed by atoms with Gasteiger partial charge < -0.3 is 15.0 Å².